The molecular weight excluding hydrogens is 461 g/mol. The third kappa shape index (κ3) is 3.53. The number of likely N-dealkylation sites (tertiary alicyclic amines) is 1. The summed E-state index contributed by atoms with van der Waals surface area (Å²) in [6.07, 6.45) is 3.41. The lowest BCUT2D eigenvalue weighted by atomic mass is 9.82. The van der Waals surface area contributed by atoms with Crippen molar-refractivity contribution in [1.29, 1.82) is 0 Å². The minimum Gasteiger partial charge on any atom is -0.492 e. The predicted molar refractivity (Wildman–Crippen MR) is 111 cm³/mol. The van der Waals surface area contributed by atoms with Gasteiger partial charge >= 0.3 is 0 Å². The number of aliphatic imine (C=N–C) groups is 1. The fraction of sp³-hybridized carbons (Fsp3) is 0.632. The summed E-state index contributed by atoms with van der Waals surface area (Å²) >= 11 is 0. The minimum atomic E-state index is 0. The van der Waals surface area contributed by atoms with Crippen molar-refractivity contribution >= 4 is 29.9 Å². The number of guanidine groups is 1. The highest BCUT2D eigenvalue weighted by molar-refractivity contribution is 14.0. The SMILES string of the molecule is CN=C(NCCOc1ccc2c(c1)OCO2)N1CC2C3CCC(O3)C2C1.I. The number of nitrogens with zero attached hydrogens (tertiary/aromatic N) is 2. The van der Waals surface area contributed by atoms with Crippen molar-refractivity contribution < 1.29 is 18.9 Å². The number of ether oxygens (including phenoxy) is 4. The van der Waals surface area contributed by atoms with E-state index in [1.807, 2.05) is 25.2 Å². The number of halogens is 1. The molecule has 0 radical (unpaired) electrons. The van der Waals surface area contributed by atoms with Crippen LogP contribution >= 0.6 is 24.0 Å². The first kappa shape index (κ1) is 18.9. The van der Waals surface area contributed by atoms with E-state index in [0.717, 1.165) is 36.3 Å². The van der Waals surface area contributed by atoms with Gasteiger partial charge in [-0.3, -0.25) is 4.99 Å². The summed E-state index contributed by atoms with van der Waals surface area (Å²) in [5, 5.41) is 3.43. The van der Waals surface area contributed by atoms with E-state index in [-0.39, 0.29) is 30.8 Å². The third-order valence-electron chi connectivity index (χ3n) is 5.96. The van der Waals surface area contributed by atoms with E-state index in [4.69, 9.17) is 18.9 Å². The van der Waals surface area contributed by atoms with Crippen molar-refractivity contribution in [3.05, 3.63) is 18.2 Å². The van der Waals surface area contributed by atoms with Crippen LogP contribution in [0.2, 0.25) is 0 Å². The van der Waals surface area contributed by atoms with Gasteiger partial charge in [0, 0.05) is 38.0 Å². The Hall–Kier alpha value is -1.42. The summed E-state index contributed by atoms with van der Waals surface area (Å²) in [6, 6.07) is 5.65. The molecule has 5 rings (SSSR count). The molecule has 3 fully saturated rings. The molecular formula is C19H26IN3O4. The Morgan fingerprint density at radius 2 is 1.93 bits per heavy atom. The van der Waals surface area contributed by atoms with Crippen molar-refractivity contribution in [2.75, 3.05) is 40.1 Å². The highest BCUT2D eigenvalue weighted by Gasteiger charge is 2.53. The van der Waals surface area contributed by atoms with Crippen molar-refractivity contribution in [3.8, 4) is 17.2 Å². The van der Waals surface area contributed by atoms with Gasteiger partial charge in [0.15, 0.2) is 17.5 Å². The number of hydrogen-bond acceptors (Lipinski definition) is 5. The molecule has 1 N–H and O–H groups in total. The van der Waals surface area contributed by atoms with E-state index >= 15 is 0 Å². The topological polar surface area (TPSA) is 64.6 Å². The molecule has 4 aliphatic heterocycles. The van der Waals surface area contributed by atoms with Crippen LogP contribution in [0.25, 0.3) is 0 Å². The summed E-state index contributed by atoms with van der Waals surface area (Å²) in [6.45, 7) is 3.65. The van der Waals surface area contributed by atoms with Gasteiger partial charge in [0.05, 0.1) is 18.8 Å². The van der Waals surface area contributed by atoms with Crippen LogP contribution in [0, 0.1) is 11.8 Å². The fourth-order valence-electron chi connectivity index (χ4n) is 4.76. The molecule has 1 aromatic rings. The van der Waals surface area contributed by atoms with Gasteiger partial charge in [0.2, 0.25) is 6.79 Å². The summed E-state index contributed by atoms with van der Waals surface area (Å²) in [5.41, 5.74) is 0. The number of rotatable bonds is 4. The summed E-state index contributed by atoms with van der Waals surface area (Å²) < 4.78 is 22.6. The van der Waals surface area contributed by atoms with E-state index in [9.17, 15) is 0 Å². The zero-order chi connectivity index (χ0) is 17.5. The molecule has 4 atom stereocenters. The molecule has 7 nitrogen and oxygen atoms in total. The van der Waals surface area contributed by atoms with Crippen molar-refractivity contribution in [3.63, 3.8) is 0 Å². The van der Waals surface area contributed by atoms with Crippen LogP contribution in [0.3, 0.4) is 0 Å². The second-order valence-corrected chi connectivity index (χ2v) is 7.36. The van der Waals surface area contributed by atoms with E-state index in [0.29, 0.717) is 37.2 Å². The Bertz CT molecular complexity index is 698. The summed E-state index contributed by atoms with van der Waals surface area (Å²) in [4.78, 5) is 6.84. The van der Waals surface area contributed by atoms with Gasteiger partial charge in [-0.1, -0.05) is 0 Å². The maximum absolute atomic E-state index is 6.05. The molecule has 0 amide bonds. The van der Waals surface area contributed by atoms with Gasteiger partial charge in [0.1, 0.15) is 12.4 Å². The van der Waals surface area contributed by atoms with E-state index in [1.54, 1.807) is 0 Å². The van der Waals surface area contributed by atoms with E-state index in [2.05, 4.69) is 15.2 Å². The molecule has 4 unspecified atom stereocenters. The number of nitrogens with one attached hydrogen (secondary N) is 1. The Labute approximate surface area is 176 Å². The predicted octanol–water partition coefficient (Wildman–Crippen LogP) is 2.10. The lowest BCUT2D eigenvalue weighted by Crippen LogP contribution is -2.42. The van der Waals surface area contributed by atoms with E-state index < -0.39 is 0 Å². The Morgan fingerprint density at radius 1 is 1.19 bits per heavy atom. The highest BCUT2D eigenvalue weighted by atomic mass is 127. The van der Waals surface area contributed by atoms with Crippen molar-refractivity contribution in [2.24, 2.45) is 16.8 Å². The summed E-state index contributed by atoms with van der Waals surface area (Å²) in [5.74, 6) is 4.62. The Morgan fingerprint density at radius 3 is 2.67 bits per heavy atom. The monoisotopic (exact) mass is 487 g/mol. The quantitative estimate of drug-likeness (QED) is 0.304. The summed E-state index contributed by atoms with van der Waals surface area (Å²) in [7, 11) is 1.85. The molecule has 0 spiro atoms. The first-order chi connectivity index (χ1) is 12.8. The molecule has 4 aliphatic rings. The first-order valence-corrected chi connectivity index (χ1v) is 9.45. The van der Waals surface area contributed by atoms with E-state index in [1.165, 1.54) is 12.8 Å². The largest absolute Gasteiger partial charge is 0.492 e. The van der Waals surface area contributed by atoms with Crippen LogP contribution in [0.1, 0.15) is 12.8 Å². The minimum absolute atomic E-state index is 0. The fourth-order valence-corrected chi connectivity index (χ4v) is 4.76. The van der Waals surface area contributed by atoms with Gasteiger partial charge in [0.25, 0.3) is 0 Å². The molecule has 0 aromatic heterocycles. The molecule has 8 heteroatoms. The second kappa shape index (κ2) is 7.90. The molecule has 148 valence electrons. The second-order valence-electron chi connectivity index (χ2n) is 7.36. The van der Waals surface area contributed by atoms with Crippen LogP contribution < -0.4 is 19.5 Å². The van der Waals surface area contributed by atoms with Crippen LogP contribution in [-0.2, 0) is 4.74 Å². The molecule has 0 saturated carbocycles. The van der Waals surface area contributed by atoms with Crippen LogP contribution in [0.15, 0.2) is 23.2 Å². The maximum atomic E-state index is 6.05. The first-order valence-electron chi connectivity index (χ1n) is 9.45. The average molecular weight is 487 g/mol. The van der Waals surface area contributed by atoms with Crippen molar-refractivity contribution in [2.45, 2.75) is 25.0 Å². The van der Waals surface area contributed by atoms with Crippen molar-refractivity contribution in [1.82, 2.24) is 10.2 Å². The van der Waals surface area contributed by atoms with Crippen LogP contribution in [0.4, 0.5) is 0 Å². The average Bonchev–Trinajstić information content (AvgIpc) is 3.41. The molecule has 1 aromatic carbocycles. The van der Waals surface area contributed by atoms with Gasteiger partial charge in [-0.25, -0.2) is 0 Å². The number of hydrogen-bond donors (Lipinski definition) is 1. The van der Waals surface area contributed by atoms with Gasteiger partial charge in [-0.15, -0.1) is 24.0 Å². The molecule has 2 bridgehead atoms. The lowest BCUT2D eigenvalue weighted by molar-refractivity contribution is 0.0767. The highest BCUT2D eigenvalue weighted by Crippen LogP contribution is 2.47. The van der Waals surface area contributed by atoms with Crippen LogP contribution in [-0.4, -0.2) is 63.1 Å². The maximum Gasteiger partial charge on any atom is 0.231 e. The van der Waals surface area contributed by atoms with Crippen LogP contribution in [0.5, 0.6) is 17.2 Å². The normalized spacial score (nSPS) is 30.3. The number of benzene rings is 1. The van der Waals surface area contributed by atoms with Gasteiger partial charge in [-0.05, 0) is 25.0 Å². The Kier molecular flexibility index (Phi) is 5.54. The zero-order valence-corrected chi connectivity index (χ0v) is 17.8. The molecule has 0 aliphatic carbocycles. The third-order valence-corrected chi connectivity index (χ3v) is 5.96. The zero-order valence-electron chi connectivity index (χ0n) is 15.4. The molecule has 4 heterocycles. The molecule has 3 saturated heterocycles. The number of fused-ring (bicyclic) bond motifs is 6. The smallest absolute Gasteiger partial charge is 0.231 e. The van der Waals surface area contributed by atoms with Gasteiger partial charge < -0.3 is 29.2 Å². The Balaban J connectivity index is 0.00000180. The lowest BCUT2D eigenvalue weighted by Gasteiger charge is -2.23. The standard InChI is InChI=1S/C19H25N3O4.HI/c1-20-19(22-9-13-14(10-22)16-5-4-15(13)26-16)21-6-7-23-12-2-3-17-18(8-12)25-11-24-17;/h2-3,8,13-16H,4-7,9-11H2,1H3,(H,20,21);1H. The van der Waals surface area contributed by atoms with Gasteiger partial charge in [-0.2, -0.15) is 0 Å². The molecule has 27 heavy (non-hydrogen) atoms.